The third-order valence-corrected chi connectivity index (χ3v) is 10.0. The number of carbonyl (C=O) groups excluding carboxylic acids is 1. The molecule has 3 aliphatic rings. The highest BCUT2D eigenvalue weighted by atomic mass is 16.6. The highest BCUT2D eigenvalue weighted by Crippen LogP contribution is 2.49. The quantitative estimate of drug-likeness (QED) is 0.280. The van der Waals surface area contributed by atoms with Gasteiger partial charge in [0.1, 0.15) is 5.75 Å². The summed E-state index contributed by atoms with van der Waals surface area (Å²) in [5.41, 5.74) is 4.99. The molecular formula is C36H44N2O6. The summed E-state index contributed by atoms with van der Waals surface area (Å²) in [4.78, 5) is 18.4. The average Bonchev–Trinajstić information content (AvgIpc) is 3.06. The summed E-state index contributed by atoms with van der Waals surface area (Å²) < 4.78 is 28.7. The summed E-state index contributed by atoms with van der Waals surface area (Å²) in [5.74, 6) is 4.43. The lowest BCUT2D eigenvalue weighted by atomic mass is 9.72. The van der Waals surface area contributed by atoms with Crippen molar-refractivity contribution in [1.82, 2.24) is 9.80 Å². The van der Waals surface area contributed by atoms with Gasteiger partial charge in [-0.2, -0.15) is 0 Å². The van der Waals surface area contributed by atoms with E-state index in [9.17, 15) is 4.79 Å². The number of nitrogens with zero attached hydrogens (tertiary/aromatic N) is 2. The Kier molecular flexibility index (Phi) is 8.89. The molecule has 6 rings (SSSR count). The van der Waals surface area contributed by atoms with Gasteiger partial charge in [0.15, 0.2) is 23.0 Å². The van der Waals surface area contributed by atoms with Gasteiger partial charge in [-0.3, -0.25) is 4.90 Å². The van der Waals surface area contributed by atoms with Crippen LogP contribution >= 0.6 is 0 Å². The first-order valence-corrected chi connectivity index (χ1v) is 15.7. The second kappa shape index (κ2) is 13.0. The third kappa shape index (κ3) is 5.68. The molecule has 0 saturated carbocycles. The van der Waals surface area contributed by atoms with Crippen LogP contribution in [-0.4, -0.2) is 64.0 Å². The topological polar surface area (TPSA) is 69.7 Å². The Bertz CT molecular complexity index is 1480. The molecule has 0 bridgehead atoms. The van der Waals surface area contributed by atoms with Gasteiger partial charge >= 0.3 is 6.09 Å². The fourth-order valence-corrected chi connectivity index (χ4v) is 7.69. The lowest BCUT2D eigenvalue weighted by molar-refractivity contribution is 0.0323. The van der Waals surface area contributed by atoms with E-state index in [-0.39, 0.29) is 12.1 Å². The molecule has 3 heterocycles. The Morgan fingerprint density at radius 2 is 1.36 bits per heavy atom. The molecule has 1 saturated heterocycles. The Morgan fingerprint density at radius 1 is 0.773 bits per heavy atom. The predicted octanol–water partition coefficient (Wildman–Crippen LogP) is 6.85. The van der Waals surface area contributed by atoms with Crippen LogP contribution in [0.25, 0.3) is 0 Å². The molecule has 4 atom stereocenters. The maximum Gasteiger partial charge on any atom is 0.415 e. The molecule has 0 radical (unpaired) electrons. The summed E-state index contributed by atoms with van der Waals surface area (Å²) in [7, 11) is 6.73. The number of carbonyl (C=O) groups is 1. The zero-order chi connectivity index (χ0) is 30.8. The van der Waals surface area contributed by atoms with Crippen molar-refractivity contribution >= 4 is 6.09 Å². The summed E-state index contributed by atoms with van der Waals surface area (Å²) in [6.45, 7) is 4.96. The van der Waals surface area contributed by atoms with Gasteiger partial charge in [0, 0.05) is 25.7 Å². The van der Waals surface area contributed by atoms with E-state index in [2.05, 4.69) is 36.1 Å². The number of amides is 1. The molecule has 0 spiro atoms. The van der Waals surface area contributed by atoms with E-state index in [0.29, 0.717) is 41.7 Å². The second-order valence-electron chi connectivity index (χ2n) is 12.1. The predicted molar refractivity (Wildman–Crippen MR) is 169 cm³/mol. The summed E-state index contributed by atoms with van der Waals surface area (Å²) >= 11 is 0. The molecule has 3 aromatic carbocycles. The van der Waals surface area contributed by atoms with Crippen molar-refractivity contribution in [2.45, 2.75) is 51.1 Å². The minimum atomic E-state index is -0.313. The molecule has 234 valence electrons. The molecule has 0 aliphatic carbocycles. The van der Waals surface area contributed by atoms with Crippen LogP contribution in [0, 0.1) is 11.8 Å². The van der Waals surface area contributed by atoms with Crippen molar-refractivity contribution in [1.29, 1.82) is 0 Å². The van der Waals surface area contributed by atoms with Crippen LogP contribution in [0.15, 0.2) is 54.6 Å². The summed E-state index contributed by atoms with van der Waals surface area (Å²) in [6, 6.07) is 18.0. The zero-order valence-corrected chi connectivity index (χ0v) is 26.5. The third-order valence-electron chi connectivity index (χ3n) is 10.0. The Labute approximate surface area is 260 Å². The Hall–Kier alpha value is -3.91. The number of benzene rings is 3. The molecular weight excluding hydrogens is 556 g/mol. The first-order chi connectivity index (χ1) is 21.5. The molecule has 0 aromatic heterocycles. The number of fused-ring (bicyclic) bond motifs is 4. The number of hydrogen-bond donors (Lipinski definition) is 0. The largest absolute Gasteiger partial charge is 0.493 e. The standard InChI is InChI=1S/C36H44N2O6/c1-6-23-22-37-14-12-24-18-32(40-2)34(42-4)20-28(24)30(37)16-26(23)17-31-29-21-35(43-5)33(41-3)19-25(29)13-15-38(31)36(39)44-27-10-8-7-9-11-27/h7-11,18-21,23,26,30-31H,6,12-17,22H2,1-5H3. The van der Waals surface area contributed by atoms with Crippen molar-refractivity contribution in [3.8, 4) is 28.7 Å². The molecule has 3 aliphatic heterocycles. The first-order valence-electron chi connectivity index (χ1n) is 15.7. The Morgan fingerprint density at radius 3 is 2.00 bits per heavy atom. The minimum Gasteiger partial charge on any atom is -0.493 e. The van der Waals surface area contributed by atoms with E-state index in [1.54, 1.807) is 28.4 Å². The highest BCUT2D eigenvalue weighted by molar-refractivity contribution is 5.72. The zero-order valence-electron chi connectivity index (χ0n) is 26.5. The monoisotopic (exact) mass is 600 g/mol. The molecule has 4 unspecified atom stereocenters. The van der Waals surface area contributed by atoms with Gasteiger partial charge in [-0.25, -0.2) is 4.79 Å². The van der Waals surface area contributed by atoms with Gasteiger partial charge in [0.2, 0.25) is 0 Å². The van der Waals surface area contributed by atoms with Crippen LogP contribution in [0.2, 0.25) is 0 Å². The van der Waals surface area contributed by atoms with Crippen LogP contribution < -0.4 is 23.7 Å². The second-order valence-corrected chi connectivity index (χ2v) is 12.1. The number of ether oxygens (including phenoxy) is 5. The molecule has 1 amide bonds. The molecule has 3 aromatic rings. The summed E-state index contributed by atoms with van der Waals surface area (Å²) in [6.07, 6.45) is 4.37. The van der Waals surface area contributed by atoms with Gasteiger partial charge in [-0.15, -0.1) is 0 Å². The number of para-hydroxylation sites is 1. The van der Waals surface area contributed by atoms with Crippen molar-refractivity contribution in [3.63, 3.8) is 0 Å². The van der Waals surface area contributed by atoms with Crippen LogP contribution in [0.3, 0.4) is 0 Å². The normalized spacial score (nSPS) is 22.7. The number of hydrogen-bond acceptors (Lipinski definition) is 7. The van der Waals surface area contributed by atoms with Crippen LogP contribution in [0.1, 0.15) is 60.5 Å². The number of rotatable bonds is 8. The van der Waals surface area contributed by atoms with Crippen molar-refractivity contribution in [3.05, 3.63) is 76.9 Å². The molecule has 8 heteroatoms. The molecule has 8 nitrogen and oxygen atoms in total. The van der Waals surface area contributed by atoms with Gasteiger partial charge < -0.3 is 28.6 Å². The highest BCUT2D eigenvalue weighted by Gasteiger charge is 2.42. The van der Waals surface area contributed by atoms with Gasteiger partial charge in [0.25, 0.3) is 0 Å². The van der Waals surface area contributed by atoms with Crippen LogP contribution in [0.4, 0.5) is 4.79 Å². The van der Waals surface area contributed by atoms with Crippen molar-refractivity contribution < 1.29 is 28.5 Å². The smallest absolute Gasteiger partial charge is 0.415 e. The lowest BCUT2D eigenvalue weighted by Gasteiger charge is -2.49. The SMILES string of the molecule is CCC1CN2CCc3cc(OC)c(OC)cc3C2CC1CC1c2cc(OC)c(OC)cc2CCN1C(=O)Oc1ccccc1. The minimum absolute atomic E-state index is 0.145. The Balaban J connectivity index is 1.35. The van der Waals surface area contributed by atoms with Gasteiger partial charge in [-0.1, -0.05) is 31.5 Å². The van der Waals surface area contributed by atoms with Gasteiger partial charge in [-0.05, 0) is 96.2 Å². The van der Waals surface area contributed by atoms with E-state index < -0.39 is 0 Å². The van der Waals surface area contributed by atoms with E-state index in [1.807, 2.05) is 35.2 Å². The van der Waals surface area contributed by atoms with Crippen LogP contribution in [-0.2, 0) is 12.8 Å². The fourth-order valence-electron chi connectivity index (χ4n) is 7.69. The van der Waals surface area contributed by atoms with Crippen molar-refractivity contribution in [2.24, 2.45) is 11.8 Å². The number of piperidine rings is 1. The van der Waals surface area contributed by atoms with Gasteiger partial charge in [0.05, 0.1) is 34.5 Å². The summed E-state index contributed by atoms with van der Waals surface area (Å²) in [5, 5.41) is 0. The van der Waals surface area contributed by atoms with Crippen molar-refractivity contribution in [2.75, 3.05) is 48.1 Å². The van der Waals surface area contributed by atoms with E-state index >= 15 is 0 Å². The lowest BCUT2D eigenvalue weighted by Crippen LogP contribution is -2.48. The van der Waals surface area contributed by atoms with Crippen LogP contribution in [0.5, 0.6) is 28.7 Å². The fraction of sp³-hybridized carbons (Fsp3) is 0.472. The molecule has 0 N–H and O–H groups in total. The maximum atomic E-state index is 13.8. The maximum absolute atomic E-state index is 13.8. The number of methoxy groups -OCH3 is 4. The van der Waals surface area contributed by atoms with E-state index in [0.717, 1.165) is 62.3 Å². The van der Waals surface area contributed by atoms with E-state index in [1.165, 1.54) is 16.7 Å². The molecule has 44 heavy (non-hydrogen) atoms. The van der Waals surface area contributed by atoms with E-state index in [4.69, 9.17) is 23.7 Å². The first kappa shape index (κ1) is 30.1. The molecule has 1 fully saturated rings. The average molecular weight is 601 g/mol.